The summed E-state index contributed by atoms with van der Waals surface area (Å²) < 4.78 is 20.9. The van der Waals surface area contributed by atoms with Crippen molar-refractivity contribution in [3.63, 3.8) is 0 Å². The number of aryl methyl sites for hydroxylation is 1. The van der Waals surface area contributed by atoms with Crippen molar-refractivity contribution >= 4 is 0 Å². The molecule has 4 rings (SSSR count). The molecule has 3 aliphatic rings. The maximum atomic E-state index is 14.9. The zero-order valence-electron chi connectivity index (χ0n) is 18.0. The molecule has 0 radical (unpaired) electrons. The van der Waals surface area contributed by atoms with Gasteiger partial charge in [0.25, 0.3) is 0 Å². The molecule has 2 heteroatoms. The van der Waals surface area contributed by atoms with Crippen molar-refractivity contribution in [3.8, 4) is 5.75 Å². The van der Waals surface area contributed by atoms with Gasteiger partial charge in [0.15, 0.2) is 0 Å². The highest BCUT2D eigenvalue weighted by atomic mass is 19.1. The van der Waals surface area contributed by atoms with Crippen LogP contribution in [0.4, 0.5) is 4.39 Å². The van der Waals surface area contributed by atoms with E-state index >= 15 is 0 Å². The molecule has 1 unspecified atom stereocenters. The lowest BCUT2D eigenvalue weighted by Gasteiger charge is -2.38. The van der Waals surface area contributed by atoms with Gasteiger partial charge in [0.1, 0.15) is 11.6 Å². The highest BCUT2D eigenvalue weighted by Crippen LogP contribution is 2.45. The summed E-state index contributed by atoms with van der Waals surface area (Å²) in [7, 11) is 0. The minimum Gasteiger partial charge on any atom is -0.490 e. The molecule has 1 aliphatic heterocycles. The Bertz CT molecular complexity index is 638. The van der Waals surface area contributed by atoms with E-state index in [4.69, 9.17) is 4.74 Å². The molecule has 0 aromatic heterocycles. The Balaban J connectivity index is 1.34. The van der Waals surface area contributed by atoms with E-state index in [0.29, 0.717) is 5.92 Å². The van der Waals surface area contributed by atoms with Crippen LogP contribution in [-0.2, 0) is 6.42 Å². The average Bonchev–Trinajstić information content (AvgIpc) is 2.74. The van der Waals surface area contributed by atoms with Crippen LogP contribution in [0.25, 0.3) is 0 Å². The summed E-state index contributed by atoms with van der Waals surface area (Å²) in [5.41, 5.74) is 2.21. The predicted octanol–water partition coefficient (Wildman–Crippen LogP) is 7.81. The number of halogens is 1. The Hall–Kier alpha value is -1.05. The van der Waals surface area contributed by atoms with Gasteiger partial charge in [-0.25, -0.2) is 4.39 Å². The van der Waals surface area contributed by atoms with Gasteiger partial charge in [-0.3, -0.25) is 0 Å². The fourth-order valence-corrected chi connectivity index (χ4v) is 6.34. The molecule has 0 spiro atoms. The van der Waals surface area contributed by atoms with Crippen LogP contribution in [0.2, 0.25) is 0 Å². The van der Waals surface area contributed by atoms with Crippen molar-refractivity contribution in [1.82, 2.24) is 0 Å². The highest BCUT2D eigenvalue weighted by molar-refractivity contribution is 5.41. The Morgan fingerprint density at radius 1 is 0.893 bits per heavy atom. The Morgan fingerprint density at radius 3 is 2.21 bits per heavy atom. The van der Waals surface area contributed by atoms with Crippen molar-refractivity contribution in [2.75, 3.05) is 0 Å². The third-order valence-corrected chi connectivity index (χ3v) is 8.13. The minimum absolute atomic E-state index is 0.0287. The average molecular weight is 387 g/mol. The first-order valence-corrected chi connectivity index (χ1v) is 12.2. The molecule has 156 valence electrons. The van der Waals surface area contributed by atoms with Crippen molar-refractivity contribution in [2.45, 2.75) is 109 Å². The lowest BCUT2D eigenvalue weighted by molar-refractivity contribution is 0.155. The Labute approximate surface area is 171 Å². The van der Waals surface area contributed by atoms with Crippen molar-refractivity contribution in [1.29, 1.82) is 0 Å². The van der Waals surface area contributed by atoms with Gasteiger partial charge in [-0.1, -0.05) is 39.5 Å². The minimum atomic E-state index is -0.0287. The van der Waals surface area contributed by atoms with Gasteiger partial charge in [-0.15, -0.1) is 0 Å². The topological polar surface area (TPSA) is 9.23 Å². The smallest absolute Gasteiger partial charge is 0.130 e. The lowest BCUT2D eigenvalue weighted by Crippen LogP contribution is -2.26. The second-order valence-corrected chi connectivity index (χ2v) is 9.85. The molecule has 1 nitrogen and oxygen atoms in total. The van der Waals surface area contributed by atoms with Crippen LogP contribution in [0.5, 0.6) is 5.75 Å². The molecule has 1 heterocycles. The molecule has 2 fully saturated rings. The largest absolute Gasteiger partial charge is 0.490 e. The molecule has 0 amide bonds. The van der Waals surface area contributed by atoms with Crippen LogP contribution in [0.3, 0.4) is 0 Å². The first kappa shape index (κ1) is 20.2. The molecule has 2 aliphatic carbocycles. The van der Waals surface area contributed by atoms with Crippen LogP contribution in [0.1, 0.15) is 108 Å². The van der Waals surface area contributed by atoms with Crippen LogP contribution < -0.4 is 4.74 Å². The third kappa shape index (κ3) is 4.41. The maximum absolute atomic E-state index is 14.9. The van der Waals surface area contributed by atoms with E-state index in [-0.39, 0.29) is 11.9 Å². The van der Waals surface area contributed by atoms with E-state index in [2.05, 4.69) is 19.9 Å². The van der Waals surface area contributed by atoms with Crippen LogP contribution in [-0.4, -0.2) is 6.10 Å². The molecule has 0 saturated heterocycles. The van der Waals surface area contributed by atoms with Gasteiger partial charge in [0.2, 0.25) is 0 Å². The molecule has 28 heavy (non-hydrogen) atoms. The van der Waals surface area contributed by atoms with E-state index < -0.39 is 0 Å². The first-order chi connectivity index (χ1) is 13.7. The molecule has 1 aromatic rings. The van der Waals surface area contributed by atoms with Gasteiger partial charge in [0.05, 0.1) is 6.10 Å². The normalized spacial score (nSPS) is 33.2. The predicted molar refractivity (Wildman–Crippen MR) is 114 cm³/mol. The van der Waals surface area contributed by atoms with E-state index in [1.807, 2.05) is 0 Å². The first-order valence-electron chi connectivity index (χ1n) is 12.2. The van der Waals surface area contributed by atoms with Gasteiger partial charge in [0, 0.05) is 6.07 Å². The number of fused-ring (bicyclic) bond motifs is 1. The zero-order valence-corrected chi connectivity index (χ0v) is 18.0. The molecule has 0 bridgehead atoms. The standard InChI is InChI=1S/C26H39FO/c1-3-5-18-6-8-19(9-7-18)20-10-12-21(13-11-20)24-16-22-14-15-23(4-2)28-26(22)17-25(24)27/h16-21,23H,3-15H2,1-2H3. The molecular weight excluding hydrogens is 347 g/mol. The second kappa shape index (κ2) is 9.18. The SMILES string of the molecule is CCCC1CCC(C2CCC(c3cc4c(cc3F)OC(CC)CC4)CC2)CC1. The van der Waals surface area contributed by atoms with Gasteiger partial charge in [-0.05, 0) is 98.7 Å². The van der Waals surface area contributed by atoms with Gasteiger partial charge < -0.3 is 4.74 Å². The number of hydrogen-bond donors (Lipinski definition) is 0. The molecule has 1 aromatic carbocycles. The van der Waals surface area contributed by atoms with Crippen molar-refractivity contribution in [3.05, 3.63) is 29.1 Å². The summed E-state index contributed by atoms with van der Waals surface area (Å²) in [5.74, 6) is 4.03. The molecular formula is C26H39FO. The maximum Gasteiger partial charge on any atom is 0.130 e. The molecule has 2 saturated carbocycles. The third-order valence-electron chi connectivity index (χ3n) is 8.13. The second-order valence-electron chi connectivity index (χ2n) is 9.85. The number of rotatable bonds is 5. The summed E-state index contributed by atoms with van der Waals surface area (Å²) in [4.78, 5) is 0. The Morgan fingerprint density at radius 2 is 1.57 bits per heavy atom. The fraction of sp³-hybridized carbons (Fsp3) is 0.769. The number of hydrogen-bond acceptors (Lipinski definition) is 1. The van der Waals surface area contributed by atoms with E-state index in [1.54, 1.807) is 6.07 Å². The lowest BCUT2D eigenvalue weighted by atomic mass is 9.68. The van der Waals surface area contributed by atoms with Crippen LogP contribution >= 0.6 is 0 Å². The highest BCUT2D eigenvalue weighted by Gasteiger charge is 2.32. The fourth-order valence-electron chi connectivity index (χ4n) is 6.34. The number of ether oxygens (including phenoxy) is 1. The van der Waals surface area contributed by atoms with Gasteiger partial charge >= 0.3 is 0 Å². The number of benzene rings is 1. The van der Waals surface area contributed by atoms with Crippen LogP contribution in [0.15, 0.2) is 12.1 Å². The van der Waals surface area contributed by atoms with E-state index in [1.165, 1.54) is 69.8 Å². The molecule has 1 atom stereocenters. The Kier molecular flexibility index (Phi) is 6.63. The summed E-state index contributed by atoms with van der Waals surface area (Å²) in [6, 6.07) is 3.84. The van der Waals surface area contributed by atoms with Crippen LogP contribution in [0, 0.1) is 23.6 Å². The zero-order chi connectivity index (χ0) is 19.5. The van der Waals surface area contributed by atoms with Gasteiger partial charge in [-0.2, -0.15) is 0 Å². The monoisotopic (exact) mass is 386 g/mol. The molecule has 0 N–H and O–H groups in total. The van der Waals surface area contributed by atoms with E-state index in [9.17, 15) is 4.39 Å². The quantitative estimate of drug-likeness (QED) is 0.501. The van der Waals surface area contributed by atoms with Crippen molar-refractivity contribution in [2.24, 2.45) is 17.8 Å². The van der Waals surface area contributed by atoms with Crippen molar-refractivity contribution < 1.29 is 9.13 Å². The summed E-state index contributed by atoms with van der Waals surface area (Å²) in [5, 5.41) is 0. The summed E-state index contributed by atoms with van der Waals surface area (Å²) >= 11 is 0. The summed E-state index contributed by atoms with van der Waals surface area (Å²) in [6.07, 6.45) is 16.9. The summed E-state index contributed by atoms with van der Waals surface area (Å²) in [6.45, 7) is 4.47. The van der Waals surface area contributed by atoms with E-state index in [0.717, 1.165) is 48.3 Å².